The molecule has 4 nitrogen and oxygen atoms in total. The van der Waals surface area contributed by atoms with Crippen LogP contribution >= 0.6 is 11.3 Å². The summed E-state index contributed by atoms with van der Waals surface area (Å²) < 4.78 is 0. The van der Waals surface area contributed by atoms with Crippen molar-refractivity contribution in [2.75, 3.05) is 25.5 Å². The molecule has 0 atom stereocenters. The Labute approximate surface area is 88.3 Å². The van der Waals surface area contributed by atoms with Crippen LogP contribution in [0.4, 0.5) is 5.13 Å². The summed E-state index contributed by atoms with van der Waals surface area (Å²) in [6.45, 7) is 3.41. The smallest absolute Gasteiger partial charge is 0.205 e. The van der Waals surface area contributed by atoms with Crippen LogP contribution in [0.2, 0.25) is 0 Å². The molecule has 0 unspecified atom stereocenters. The molecule has 5 heteroatoms. The summed E-state index contributed by atoms with van der Waals surface area (Å²) in [5.41, 5.74) is 0. The van der Waals surface area contributed by atoms with Crippen molar-refractivity contribution in [3.63, 3.8) is 0 Å². The van der Waals surface area contributed by atoms with Crippen molar-refractivity contribution in [3.05, 3.63) is 5.01 Å². The number of rotatable bonds is 3. The van der Waals surface area contributed by atoms with Crippen LogP contribution in [-0.4, -0.2) is 35.2 Å². The Morgan fingerprint density at radius 3 is 2.71 bits per heavy atom. The number of hydrogen-bond acceptors (Lipinski definition) is 5. The molecule has 1 saturated heterocycles. The predicted octanol–water partition coefficient (Wildman–Crippen LogP) is 1.57. The molecule has 0 aliphatic carbocycles. The molecule has 0 saturated carbocycles. The van der Waals surface area contributed by atoms with Crippen molar-refractivity contribution in [3.8, 4) is 0 Å². The minimum Gasteiger partial charge on any atom is -0.363 e. The van der Waals surface area contributed by atoms with Gasteiger partial charge >= 0.3 is 0 Å². The predicted molar refractivity (Wildman–Crippen MR) is 58.6 cm³/mol. The molecule has 1 fully saturated rings. The molecule has 78 valence electrons. The topological polar surface area (TPSA) is 41.1 Å². The van der Waals surface area contributed by atoms with Gasteiger partial charge in [-0.05, 0) is 25.9 Å². The zero-order valence-corrected chi connectivity index (χ0v) is 9.31. The first-order valence-electron chi connectivity index (χ1n) is 5.11. The number of hydrogen-bond donors (Lipinski definition) is 1. The Balaban J connectivity index is 1.89. The maximum Gasteiger partial charge on any atom is 0.205 e. The van der Waals surface area contributed by atoms with E-state index < -0.39 is 0 Å². The van der Waals surface area contributed by atoms with Gasteiger partial charge in [-0.25, -0.2) is 0 Å². The molecule has 1 aromatic rings. The second-order valence-electron chi connectivity index (χ2n) is 3.59. The molecule has 0 bridgehead atoms. The Morgan fingerprint density at radius 1 is 1.29 bits per heavy atom. The van der Waals surface area contributed by atoms with Gasteiger partial charge in [0.25, 0.3) is 0 Å². The van der Waals surface area contributed by atoms with Crippen LogP contribution in [0.25, 0.3) is 0 Å². The maximum atomic E-state index is 4.15. The fourth-order valence-electron chi connectivity index (χ4n) is 1.73. The van der Waals surface area contributed by atoms with Crippen molar-refractivity contribution >= 4 is 16.5 Å². The summed E-state index contributed by atoms with van der Waals surface area (Å²) >= 11 is 1.65. The summed E-state index contributed by atoms with van der Waals surface area (Å²) in [5.74, 6) is 0. The summed E-state index contributed by atoms with van der Waals surface area (Å²) in [5, 5.41) is 13.2. The summed E-state index contributed by atoms with van der Waals surface area (Å²) in [6, 6.07) is 0. The van der Waals surface area contributed by atoms with Crippen LogP contribution in [0.5, 0.6) is 0 Å². The Bertz CT molecular complexity index is 280. The zero-order valence-electron chi connectivity index (χ0n) is 8.49. The first kappa shape index (κ1) is 9.86. The molecule has 1 aliphatic rings. The molecule has 1 aliphatic heterocycles. The molecule has 1 aromatic heterocycles. The lowest BCUT2D eigenvalue weighted by Crippen LogP contribution is -2.28. The average Bonchev–Trinajstić information content (AvgIpc) is 2.67. The van der Waals surface area contributed by atoms with Gasteiger partial charge in [-0.15, -0.1) is 10.2 Å². The molecule has 2 rings (SSSR count). The van der Waals surface area contributed by atoms with Crippen molar-refractivity contribution in [2.45, 2.75) is 25.8 Å². The molecule has 0 amide bonds. The number of piperidine rings is 1. The van der Waals surface area contributed by atoms with Crippen molar-refractivity contribution in [2.24, 2.45) is 0 Å². The minimum absolute atomic E-state index is 0.914. The summed E-state index contributed by atoms with van der Waals surface area (Å²) in [6.07, 6.45) is 4.05. The van der Waals surface area contributed by atoms with Crippen LogP contribution in [0, 0.1) is 0 Å². The van der Waals surface area contributed by atoms with E-state index in [9.17, 15) is 0 Å². The molecule has 1 N–H and O–H groups in total. The third-order valence-electron chi connectivity index (χ3n) is 2.49. The fourth-order valence-corrected chi connectivity index (χ4v) is 2.46. The number of nitrogens with one attached hydrogen (secondary N) is 1. The third-order valence-corrected chi connectivity index (χ3v) is 3.41. The van der Waals surface area contributed by atoms with Gasteiger partial charge in [-0.1, -0.05) is 17.8 Å². The Hall–Kier alpha value is -0.680. The molecule has 14 heavy (non-hydrogen) atoms. The quantitative estimate of drug-likeness (QED) is 0.825. The van der Waals surface area contributed by atoms with Crippen LogP contribution in [-0.2, 0) is 6.54 Å². The highest BCUT2D eigenvalue weighted by molar-refractivity contribution is 7.15. The van der Waals surface area contributed by atoms with E-state index in [0.717, 1.165) is 16.7 Å². The van der Waals surface area contributed by atoms with Crippen molar-refractivity contribution in [1.82, 2.24) is 15.1 Å². The van der Waals surface area contributed by atoms with Crippen LogP contribution in [0.1, 0.15) is 24.3 Å². The summed E-state index contributed by atoms with van der Waals surface area (Å²) in [7, 11) is 1.88. The lowest BCUT2D eigenvalue weighted by Gasteiger charge is -2.24. The highest BCUT2D eigenvalue weighted by Crippen LogP contribution is 2.18. The summed E-state index contributed by atoms with van der Waals surface area (Å²) in [4.78, 5) is 2.46. The normalized spacial score (nSPS) is 18.4. The van der Waals surface area contributed by atoms with Gasteiger partial charge in [0, 0.05) is 7.05 Å². The van der Waals surface area contributed by atoms with E-state index in [0.29, 0.717) is 0 Å². The lowest BCUT2D eigenvalue weighted by atomic mass is 10.1. The largest absolute Gasteiger partial charge is 0.363 e. The van der Waals surface area contributed by atoms with E-state index in [4.69, 9.17) is 0 Å². The molecule has 0 spiro atoms. The third kappa shape index (κ3) is 2.42. The first-order chi connectivity index (χ1) is 6.88. The van der Waals surface area contributed by atoms with Crippen molar-refractivity contribution < 1.29 is 0 Å². The molecule has 0 radical (unpaired) electrons. The first-order valence-corrected chi connectivity index (χ1v) is 5.92. The maximum absolute atomic E-state index is 4.15. The van der Waals surface area contributed by atoms with Gasteiger partial charge in [-0.3, -0.25) is 4.90 Å². The number of nitrogens with zero attached hydrogens (tertiary/aromatic N) is 3. The van der Waals surface area contributed by atoms with Crippen LogP contribution < -0.4 is 5.32 Å². The monoisotopic (exact) mass is 212 g/mol. The fraction of sp³-hybridized carbons (Fsp3) is 0.778. The van der Waals surface area contributed by atoms with Gasteiger partial charge in [0.05, 0.1) is 6.54 Å². The van der Waals surface area contributed by atoms with Crippen LogP contribution in [0.3, 0.4) is 0 Å². The number of aromatic nitrogens is 2. The Morgan fingerprint density at radius 2 is 2.07 bits per heavy atom. The van der Waals surface area contributed by atoms with Gasteiger partial charge in [0.2, 0.25) is 5.13 Å². The SMILES string of the molecule is CNc1nnc(CN2CCCCC2)s1. The van der Waals surface area contributed by atoms with Gasteiger partial charge in [0.1, 0.15) is 5.01 Å². The number of likely N-dealkylation sites (tertiary alicyclic amines) is 1. The van der Waals surface area contributed by atoms with E-state index in [1.165, 1.54) is 32.4 Å². The van der Waals surface area contributed by atoms with Gasteiger partial charge in [0.15, 0.2) is 0 Å². The molecule has 0 aromatic carbocycles. The van der Waals surface area contributed by atoms with E-state index in [1.807, 2.05) is 7.05 Å². The standard InChI is InChI=1S/C9H16N4S/c1-10-9-12-11-8(14-9)7-13-5-3-2-4-6-13/h2-7H2,1H3,(H,10,12). The van der Waals surface area contributed by atoms with Crippen LogP contribution in [0.15, 0.2) is 0 Å². The zero-order chi connectivity index (χ0) is 9.80. The molecule has 2 heterocycles. The highest BCUT2D eigenvalue weighted by Gasteiger charge is 2.12. The van der Waals surface area contributed by atoms with Gasteiger partial charge < -0.3 is 5.32 Å². The van der Waals surface area contributed by atoms with E-state index in [2.05, 4.69) is 20.4 Å². The Kier molecular flexibility index (Phi) is 3.31. The minimum atomic E-state index is 0.914. The van der Waals surface area contributed by atoms with Gasteiger partial charge in [-0.2, -0.15) is 0 Å². The van der Waals surface area contributed by atoms with Crippen molar-refractivity contribution in [1.29, 1.82) is 0 Å². The van der Waals surface area contributed by atoms with E-state index in [-0.39, 0.29) is 0 Å². The second-order valence-corrected chi connectivity index (χ2v) is 4.65. The van der Waals surface area contributed by atoms with E-state index >= 15 is 0 Å². The molecular weight excluding hydrogens is 196 g/mol. The number of anilines is 1. The second kappa shape index (κ2) is 4.70. The average molecular weight is 212 g/mol. The highest BCUT2D eigenvalue weighted by atomic mass is 32.1. The van der Waals surface area contributed by atoms with E-state index in [1.54, 1.807) is 11.3 Å². The molecular formula is C9H16N4S. The lowest BCUT2D eigenvalue weighted by molar-refractivity contribution is 0.220.